The van der Waals surface area contributed by atoms with E-state index < -0.39 is 0 Å². The lowest BCUT2D eigenvalue weighted by Crippen LogP contribution is -2.31. The first-order valence-corrected chi connectivity index (χ1v) is 6.83. The first-order chi connectivity index (χ1) is 7.98. The van der Waals surface area contributed by atoms with E-state index >= 15 is 0 Å². The highest BCUT2D eigenvalue weighted by molar-refractivity contribution is 14.1. The van der Waals surface area contributed by atoms with Crippen molar-refractivity contribution in [3.05, 3.63) is 33.4 Å². The first kappa shape index (κ1) is 14.9. The van der Waals surface area contributed by atoms with Crippen LogP contribution in [0.5, 0.6) is 0 Å². The number of nitrogens with two attached hydrogens (primary N) is 1. The zero-order chi connectivity index (χ0) is 12.9. The Morgan fingerprint density at radius 3 is 2.71 bits per heavy atom. The SMILES string of the molecule is COC(C)(C)CCC(NN)c1cccc(I)c1. The summed E-state index contributed by atoms with van der Waals surface area (Å²) in [5.41, 5.74) is 4.01. The smallest absolute Gasteiger partial charge is 0.0623 e. The quantitative estimate of drug-likeness (QED) is 0.472. The lowest BCUT2D eigenvalue weighted by atomic mass is 9.95. The van der Waals surface area contributed by atoms with Crippen LogP contribution in [0.4, 0.5) is 0 Å². The number of nitrogens with one attached hydrogen (secondary N) is 1. The van der Waals surface area contributed by atoms with E-state index in [1.54, 1.807) is 7.11 Å². The molecule has 0 spiro atoms. The summed E-state index contributed by atoms with van der Waals surface area (Å²) in [6, 6.07) is 8.58. The number of methoxy groups -OCH3 is 1. The van der Waals surface area contributed by atoms with E-state index in [9.17, 15) is 0 Å². The molecule has 1 atom stereocenters. The monoisotopic (exact) mass is 348 g/mol. The summed E-state index contributed by atoms with van der Waals surface area (Å²) >= 11 is 2.31. The van der Waals surface area contributed by atoms with Crippen molar-refractivity contribution in [2.24, 2.45) is 5.84 Å². The maximum absolute atomic E-state index is 5.63. The number of hydrogen-bond acceptors (Lipinski definition) is 3. The van der Waals surface area contributed by atoms with Gasteiger partial charge < -0.3 is 4.74 Å². The van der Waals surface area contributed by atoms with Crippen LogP contribution in [-0.2, 0) is 4.74 Å². The predicted molar refractivity (Wildman–Crippen MR) is 79.5 cm³/mol. The average molecular weight is 348 g/mol. The first-order valence-electron chi connectivity index (χ1n) is 5.75. The van der Waals surface area contributed by atoms with E-state index in [1.165, 1.54) is 9.13 Å². The Labute approximate surface area is 117 Å². The maximum Gasteiger partial charge on any atom is 0.0623 e. The van der Waals surface area contributed by atoms with Crippen LogP contribution in [0.15, 0.2) is 24.3 Å². The van der Waals surface area contributed by atoms with E-state index in [4.69, 9.17) is 10.6 Å². The molecule has 0 bridgehead atoms. The van der Waals surface area contributed by atoms with Crippen molar-refractivity contribution in [2.45, 2.75) is 38.3 Å². The lowest BCUT2D eigenvalue weighted by molar-refractivity contribution is 0.0117. The molecule has 4 heteroatoms. The van der Waals surface area contributed by atoms with Crippen LogP contribution in [-0.4, -0.2) is 12.7 Å². The molecule has 1 aromatic carbocycles. The lowest BCUT2D eigenvalue weighted by Gasteiger charge is -2.26. The second-order valence-corrected chi connectivity index (χ2v) is 6.02. The number of halogens is 1. The minimum atomic E-state index is -0.100. The van der Waals surface area contributed by atoms with Crippen LogP contribution < -0.4 is 11.3 Å². The van der Waals surface area contributed by atoms with Gasteiger partial charge in [0.1, 0.15) is 0 Å². The largest absolute Gasteiger partial charge is 0.379 e. The molecule has 0 aromatic heterocycles. The van der Waals surface area contributed by atoms with Crippen LogP contribution in [0.25, 0.3) is 0 Å². The fourth-order valence-electron chi connectivity index (χ4n) is 1.66. The Morgan fingerprint density at radius 1 is 1.47 bits per heavy atom. The highest BCUT2D eigenvalue weighted by Gasteiger charge is 2.19. The van der Waals surface area contributed by atoms with E-state index in [-0.39, 0.29) is 11.6 Å². The van der Waals surface area contributed by atoms with E-state index in [2.05, 4.69) is 66.1 Å². The molecular formula is C13H21IN2O. The third-order valence-electron chi connectivity index (χ3n) is 3.04. The Morgan fingerprint density at radius 2 is 2.18 bits per heavy atom. The van der Waals surface area contributed by atoms with Gasteiger partial charge in [-0.3, -0.25) is 11.3 Å². The molecule has 96 valence electrons. The van der Waals surface area contributed by atoms with Crippen molar-refractivity contribution in [1.29, 1.82) is 0 Å². The number of rotatable bonds is 6. The van der Waals surface area contributed by atoms with Gasteiger partial charge in [0.05, 0.1) is 5.60 Å². The third-order valence-corrected chi connectivity index (χ3v) is 3.71. The highest BCUT2D eigenvalue weighted by Crippen LogP contribution is 2.24. The second-order valence-electron chi connectivity index (χ2n) is 4.78. The zero-order valence-corrected chi connectivity index (χ0v) is 12.8. The highest BCUT2D eigenvalue weighted by atomic mass is 127. The topological polar surface area (TPSA) is 47.3 Å². The molecule has 0 aliphatic rings. The molecule has 0 aliphatic carbocycles. The molecular weight excluding hydrogens is 327 g/mol. The third kappa shape index (κ3) is 4.91. The molecule has 0 aliphatic heterocycles. The van der Waals surface area contributed by atoms with Gasteiger partial charge in [0.15, 0.2) is 0 Å². The van der Waals surface area contributed by atoms with Crippen molar-refractivity contribution in [1.82, 2.24) is 5.43 Å². The van der Waals surface area contributed by atoms with Crippen molar-refractivity contribution < 1.29 is 4.74 Å². The Balaban J connectivity index is 2.66. The standard InChI is InChI=1S/C13H21IN2O/c1-13(2,17-3)8-7-12(16-15)10-5-4-6-11(14)9-10/h4-6,9,12,16H,7-8,15H2,1-3H3. The Kier molecular flexibility index (Phi) is 5.85. The van der Waals surface area contributed by atoms with Crippen LogP contribution in [0.3, 0.4) is 0 Å². The summed E-state index contributed by atoms with van der Waals surface area (Å²) in [6.07, 6.45) is 1.92. The molecule has 1 unspecified atom stereocenters. The van der Waals surface area contributed by atoms with Crippen molar-refractivity contribution in [3.63, 3.8) is 0 Å². The number of hydrogen-bond donors (Lipinski definition) is 2. The molecule has 17 heavy (non-hydrogen) atoms. The molecule has 0 amide bonds. The van der Waals surface area contributed by atoms with Crippen molar-refractivity contribution in [2.75, 3.05) is 7.11 Å². The van der Waals surface area contributed by atoms with Crippen molar-refractivity contribution >= 4 is 22.6 Å². The molecule has 3 nitrogen and oxygen atoms in total. The van der Waals surface area contributed by atoms with Crippen LogP contribution in [0.2, 0.25) is 0 Å². The molecule has 3 N–H and O–H groups in total. The normalized spacial score (nSPS) is 13.7. The van der Waals surface area contributed by atoms with Crippen LogP contribution in [0, 0.1) is 3.57 Å². The molecule has 0 fully saturated rings. The fraction of sp³-hybridized carbons (Fsp3) is 0.538. The van der Waals surface area contributed by atoms with Gasteiger partial charge >= 0.3 is 0 Å². The summed E-state index contributed by atoms with van der Waals surface area (Å²) in [5.74, 6) is 5.63. The fourth-order valence-corrected chi connectivity index (χ4v) is 2.23. The van der Waals surface area contributed by atoms with Crippen LogP contribution in [0.1, 0.15) is 38.3 Å². The summed E-state index contributed by atoms with van der Waals surface area (Å²) in [7, 11) is 1.75. The van der Waals surface area contributed by atoms with Crippen molar-refractivity contribution in [3.8, 4) is 0 Å². The van der Waals surface area contributed by atoms with Gasteiger partial charge in [0, 0.05) is 16.7 Å². The maximum atomic E-state index is 5.63. The molecule has 1 aromatic rings. The van der Waals surface area contributed by atoms with Gasteiger partial charge in [-0.05, 0) is 67.0 Å². The predicted octanol–water partition coefficient (Wildman–Crippen LogP) is 3.00. The molecule has 0 radical (unpaired) electrons. The Hall–Kier alpha value is -0.170. The average Bonchev–Trinajstić information content (AvgIpc) is 2.30. The minimum Gasteiger partial charge on any atom is -0.379 e. The molecule has 1 rings (SSSR count). The Bertz CT molecular complexity index is 355. The second kappa shape index (κ2) is 6.68. The summed E-state index contributed by atoms with van der Waals surface area (Å²) in [6.45, 7) is 4.19. The number of benzene rings is 1. The summed E-state index contributed by atoms with van der Waals surface area (Å²) < 4.78 is 6.65. The number of ether oxygens (including phenoxy) is 1. The van der Waals surface area contributed by atoms with E-state index in [0.29, 0.717) is 0 Å². The van der Waals surface area contributed by atoms with Gasteiger partial charge in [-0.2, -0.15) is 0 Å². The van der Waals surface area contributed by atoms with Gasteiger partial charge in [-0.1, -0.05) is 12.1 Å². The van der Waals surface area contributed by atoms with Gasteiger partial charge in [-0.15, -0.1) is 0 Å². The van der Waals surface area contributed by atoms with Gasteiger partial charge in [0.2, 0.25) is 0 Å². The molecule has 0 saturated heterocycles. The van der Waals surface area contributed by atoms with E-state index in [1.807, 2.05) is 0 Å². The zero-order valence-electron chi connectivity index (χ0n) is 10.7. The molecule has 0 heterocycles. The van der Waals surface area contributed by atoms with Gasteiger partial charge in [0.25, 0.3) is 0 Å². The molecule has 0 saturated carbocycles. The van der Waals surface area contributed by atoms with Crippen LogP contribution >= 0.6 is 22.6 Å². The van der Waals surface area contributed by atoms with Gasteiger partial charge in [-0.25, -0.2) is 0 Å². The number of hydrazine groups is 1. The van der Waals surface area contributed by atoms with E-state index in [0.717, 1.165) is 12.8 Å². The minimum absolute atomic E-state index is 0.100. The summed E-state index contributed by atoms with van der Waals surface area (Å²) in [4.78, 5) is 0. The summed E-state index contributed by atoms with van der Waals surface area (Å²) in [5, 5.41) is 0.